The summed E-state index contributed by atoms with van der Waals surface area (Å²) >= 11 is 0. The van der Waals surface area contributed by atoms with Crippen molar-refractivity contribution in [2.75, 3.05) is 10.6 Å². The van der Waals surface area contributed by atoms with Gasteiger partial charge in [-0.1, -0.05) is 12.1 Å². The van der Waals surface area contributed by atoms with Crippen LogP contribution in [0.3, 0.4) is 0 Å². The van der Waals surface area contributed by atoms with E-state index >= 15 is 0 Å². The van der Waals surface area contributed by atoms with E-state index in [0.29, 0.717) is 24.3 Å². The normalized spacial score (nSPS) is 21.4. The lowest BCUT2D eigenvalue weighted by Gasteiger charge is -2.20. The summed E-state index contributed by atoms with van der Waals surface area (Å²) in [6.45, 7) is 0. The Hall–Kier alpha value is -2.89. The minimum atomic E-state index is -1.10. The van der Waals surface area contributed by atoms with Crippen LogP contribution in [0.25, 0.3) is 0 Å². The number of nitrogens with zero attached hydrogens (tertiary/aromatic N) is 1. The maximum atomic E-state index is 12.5. The molecule has 3 N–H and O–H groups in total. The summed E-state index contributed by atoms with van der Waals surface area (Å²) in [5.41, 5.74) is 2.89. The van der Waals surface area contributed by atoms with Crippen molar-refractivity contribution >= 4 is 23.5 Å². The summed E-state index contributed by atoms with van der Waals surface area (Å²) in [5, 5.41) is 14.0. The smallest absolute Gasteiger partial charge is 0.409 e. The Morgan fingerprint density at radius 3 is 2.91 bits per heavy atom. The van der Waals surface area contributed by atoms with Crippen molar-refractivity contribution in [2.24, 2.45) is 0 Å². The number of fused-ring (bicyclic) bond motifs is 3. The third-order valence-corrected chi connectivity index (χ3v) is 4.43. The molecule has 6 nitrogen and oxygen atoms in total. The van der Waals surface area contributed by atoms with Gasteiger partial charge in [-0.2, -0.15) is 0 Å². The van der Waals surface area contributed by atoms with Gasteiger partial charge in [-0.15, -0.1) is 0 Å². The third kappa shape index (κ3) is 1.70. The number of amides is 2. The molecule has 110 valence electrons. The number of nitrogens with one attached hydrogen (secondary N) is 2. The molecular weight excluding hydrogens is 282 g/mol. The zero-order chi connectivity index (χ0) is 15.3. The van der Waals surface area contributed by atoms with Gasteiger partial charge >= 0.3 is 6.09 Å². The molecule has 1 spiro atoms. The number of aromatic nitrogens is 1. The van der Waals surface area contributed by atoms with Crippen LogP contribution in [0, 0.1) is 0 Å². The van der Waals surface area contributed by atoms with Gasteiger partial charge in [0.25, 0.3) is 0 Å². The lowest BCUT2D eigenvalue weighted by atomic mass is 9.79. The molecule has 1 aromatic heterocycles. The second-order valence-corrected chi connectivity index (χ2v) is 5.70. The van der Waals surface area contributed by atoms with Crippen LogP contribution in [0.1, 0.15) is 16.7 Å². The van der Waals surface area contributed by atoms with Crippen molar-refractivity contribution in [1.29, 1.82) is 0 Å². The zero-order valence-corrected chi connectivity index (χ0v) is 11.6. The summed E-state index contributed by atoms with van der Waals surface area (Å²) in [5.74, 6) is 0.592. The highest BCUT2D eigenvalue weighted by molar-refractivity contribution is 6.06. The highest BCUT2D eigenvalue weighted by Gasteiger charge is 2.50. The first kappa shape index (κ1) is 12.8. The molecule has 0 fully saturated rings. The first-order chi connectivity index (χ1) is 10.6. The average Bonchev–Trinajstić information content (AvgIpc) is 2.98. The van der Waals surface area contributed by atoms with E-state index in [0.717, 1.165) is 16.7 Å². The molecule has 0 bridgehead atoms. The first-order valence-electron chi connectivity index (χ1n) is 6.97. The topological polar surface area (TPSA) is 91.3 Å². The second-order valence-electron chi connectivity index (χ2n) is 5.70. The minimum Gasteiger partial charge on any atom is -0.465 e. The van der Waals surface area contributed by atoms with Gasteiger partial charge in [-0.05, 0) is 42.2 Å². The van der Waals surface area contributed by atoms with Crippen LogP contribution in [0.4, 0.5) is 16.3 Å². The maximum Gasteiger partial charge on any atom is 0.409 e. The van der Waals surface area contributed by atoms with E-state index in [-0.39, 0.29) is 5.91 Å². The SMILES string of the molecule is O=C(O)Nc1ccc2c(c1)CC1(C2)C(=O)Nc2ncccc21. The fourth-order valence-electron chi connectivity index (χ4n) is 3.47. The summed E-state index contributed by atoms with van der Waals surface area (Å²) in [6, 6.07) is 9.18. The van der Waals surface area contributed by atoms with Crippen LogP contribution < -0.4 is 10.6 Å². The summed E-state index contributed by atoms with van der Waals surface area (Å²) < 4.78 is 0. The predicted octanol–water partition coefficient (Wildman–Crippen LogP) is 2.16. The number of rotatable bonds is 1. The van der Waals surface area contributed by atoms with Crippen LogP contribution in [0.5, 0.6) is 0 Å². The van der Waals surface area contributed by atoms with Crippen molar-refractivity contribution in [1.82, 2.24) is 4.98 Å². The Morgan fingerprint density at radius 1 is 1.27 bits per heavy atom. The molecular formula is C16H13N3O3. The molecule has 2 amide bonds. The van der Waals surface area contributed by atoms with Crippen LogP contribution in [0.15, 0.2) is 36.5 Å². The highest BCUT2D eigenvalue weighted by Crippen LogP contribution is 2.46. The molecule has 4 rings (SSSR count). The van der Waals surface area contributed by atoms with Crippen LogP contribution in [0.2, 0.25) is 0 Å². The standard InChI is InChI=1S/C16H13N3O3/c20-14-16(12-2-1-5-17-13(12)19-14)7-9-3-4-11(18-15(21)22)6-10(9)8-16/h1-6,18H,7-8H2,(H,21,22)(H,17,19,20). The van der Waals surface area contributed by atoms with Gasteiger partial charge < -0.3 is 10.4 Å². The van der Waals surface area contributed by atoms with Crippen molar-refractivity contribution in [3.8, 4) is 0 Å². The number of benzene rings is 1. The Labute approximate surface area is 126 Å². The van der Waals surface area contributed by atoms with Crippen molar-refractivity contribution in [3.05, 3.63) is 53.2 Å². The second kappa shape index (κ2) is 4.30. The van der Waals surface area contributed by atoms with Gasteiger partial charge in [0.2, 0.25) is 5.91 Å². The largest absolute Gasteiger partial charge is 0.465 e. The van der Waals surface area contributed by atoms with Crippen LogP contribution in [-0.4, -0.2) is 22.1 Å². The monoisotopic (exact) mass is 295 g/mol. The summed E-state index contributed by atoms with van der Waals surface area (Å²) in [6.07, 6.45) is 1.73. The fraction of sp³-hybridized carbons (Fsp3) is 0.188. The molecule has 2 aliphatic rings. The van der Waals surface area contributed by atoms with E-state index in [1.54, 1.807) is 18.3 Å². The summed E-state index contributed by atoms with van der Waals surface area (Å²) in [4.78, 5) is 27.5. The van der Waals surface area contributed by atoms with Crippen LogP contribution >= 0.6 is 0 Å². The highest BCUT2D eigenvalue weighted by atomic mass is 16.4. The lowest BCUT2D eigenvalue weighted by molar-refractivity contribution is -0.120. The number of anilines is 2. The van der Waals surface area contributed by atoms with Gasteiger partial charge in [0.05, 0.1) is 5.41 Å². The molecule has 0 saturated heterocycles. The number of carbonyl (C=O) groups excluding carboxylic acids is 1. The first-order valence-corrected chi connectivity index (χ1v) is 6.97. The average molecular weight is 295 g/mol. The number of hydrogen-bond donors (Lipinski definition) is 3. The van der Waals surface area contributed by atoms with Crippen LogP contribution in [-0.2, 0) is 23.1 Å². The van der Waals surface area contributed by atoms with E-state index in [1.807, 2.05) is 18.2 Å². The summed E-state index contributed by atoms with van der Waals surface area (Å²) in [7, 11) is 0. The molecule has 2 aromatic rings. The fourth-order valence-corrected chi connectivity index (χ4v) is 3.47. The molecule has 1 atom stereocenters. The third-order valence-electron chi connectivity index (χ3n) is 4.43. The van der Waals surface area contributed by atoms with E-state index in [9.17, 15) is 9.59 Å². The molecule has 1 aromatic carbocycles. The van der Waals surface area contributed by atoms with Crippen molar-refractivity contribution in [3.63, 3.8) is 0 Å². The Bertz CT molecular complexity index is 818. The van der Waals surface area contributed by atoms with Gasteiger partial charge in [0.15, 0.2) is 0 Å². The van der Waals surface area contributed by atoms with Crippen molar-refractivity contribution in [2.45, 2.75) is 18.3 Å². The molecule has 0 radical (unpaired) electrons. The maximum absolute atomic E-state index is 12.5. The number of hydrogen-bond acceptors (Lipinski definition) is 3. The van der Waals surface area contributed by atoms with Gasteiger partial charge in [0.1, 0.15) is 5.82 Å². The molecule has 6 heteroatoms. The van der Waals surface area contributed by atoms with E-state index in [1.165, 1.54) is 0 Å². The quantitative estimate of drug-likeness (QED) is 0.752. The minimum absolute atomic E-state index is 0.0369. The molecule has 1 unspecified atom stereocenters. The number of carboxylic acid groups (broad SMARTS) is 1. The van der Waals surface area contributed by atoms with Gasteiger partial charge in [-0.3, -0.25) is 10.1 Å². The van der Waals surface area contributed by atoms with Crippen molar-refractivity contribution < 1.29 is 14.7 Å². The van der Waals surface area contributed by atoms with E-state index in [2.05, 4.69) is 15.6 Å². The van der Waals surface area contributed by atoms with E-state index < -0.39 is 11.5 Å². The number of pyridine rings is 1. The zero-order valence-electron chi connectivity index (χ0n) is 11.6. The van der Waals surface area contributed by atoms with Gasteiger partial charge in [0, 0.05) is 17.4 Å². The predicted molar refractivity (Wildman–Crippen MR) is 80.0 cm³/mol. The molecule has 2 heterocycles. The molecule has 1 aliphatic heterocycles. The molecule has 0 saturated carbocycles. The van der Waals surface area contributed by atoms with Gasteiger partial charge in [-0.25, -0.2) is 9.78 Å². The number of carbonyl (C=O) groups is 2. The molecule has 1 aliphatic carbocycles. The lowest BCUT2D eigenvalue weighted by Crippen LogP contribution is -2.35. The Morgan fingerprint density at radius 2 is 2.09 bits per heavy atom. The Balaban J connectivity index is 1.75. The molecule has 22 heavy (non-hydrogen) atoms. The Kier molecular flexibility index (Phi) is 2.51. The van der Waals surface area contributed by atoms with E-state index in [4.69, 9.17) is 5.11 Å².